The molecule has 0 aromatic carbocycles. The largest absolute Gasteiger partial charge is 0.361 e. The molecule has 1 heterocycles. The summed E-state index contributed by atoms with van der Waals surface area (Å²) in [5.74, 6) is 2.77. The molecule has 0 atom stereocenters. The van der Waals surface area contributed by atoms with Crippen LogP contribution in [0.4, 0.5) is 0 Å². The minimum absolute atomic E-state index is 0.721. The number of hydrogen-bond acceptors (Lipinski definition) is 3. The SMILES string of the molecule is CCc1noc(CC)c1CNC(=NC)NCCC1CC1. The molecule has 0 amide bonds. The van der Waals surface area contributed by atoms with Gasteiger partial charge in [-0.2, -0.15) is 0 Å². The first kappa shape index (κ1) is 14.9. The third-order valence-corrected chi connectivity index (χ3v) is 3.81. The first-order chi connectivity index (χ1) is 9.78. The highest BCUT2D eigenvalue weighted by Gasteiger charge is 2.20. The topological polar surface area (TPSA) is 62.5 Å². The van der Waals surface area contributed by atoms with Gasteiger partial charge in [-0.05, 0) is 18.8 Å². The van der Waals surface area contributed by atoms with Gasteiger partial charge >= 0.3 is 0 Å². The Labute approximate surface area is 121 Å². The van der Waals surface area contributed by atoms with Gasteiger partial charge in [-0.3, -0.25) is 4.99 Å². The monoisotopic (exact) mass is 278 g/mol. The smallest absolute Gasteiger partial charge is 0.191 e. The molecule has 20 heavy (non-hydrogen) atoms. The van der Waals surface area contributed by atoms with Crippen molar-refractivity contribution in [2.24, 2.45) is 10.9 Å². The lowest BCUT2D eigenvalue weighted by Gasteiger charge is -2.11. The number of hydrogen-bond donors (Lipinski definition) is 2. The highest BCUT2D eigenvalue weighted by molar-refractivity contribution is 5.79. The number of rotatable bonds is 7. The van der Waals surface area contributed by atoms with Crippen molar-refractivity contribution >= 4 is 5.96 Å². The zero-order valence-corrected chi connectivity index (χ0v) is 12.8. The number of nitrogens with zero attached hydrogens (tertiary/aromatic N) is 2. The van der Waals surface area contributed by atoms with Gasteiger partial charge in [0.25, 0.3) is 0 Å². The standard InChI is InChI=1S/C15H26N4O/c1-4-13-12(14(5-2)20-19-13)10-18-15(16-3)17-9-8-11-6-7-11/h11H,4-10H2,1-3H3,(H2,16,17,18). The quantitative estimate of drug-likeness (QED) is 0.593. The summed E-state index contributed by atoms with van der Waals surface area (Å²) in [6.07, 6.45) is 5.81. The van der Waals surface area contributed by atoms with Gasteiger partial charge in [0, 0.05) is 32.1 Å². The van der Waals surface area contributed by atoms with Gasteiger partial charge in [-0.15, -0.1) is 0 Å². The summed E-state index contributed by atoms with van der Waals surface area (Å²) < 4.78 is 5.37. The number of nitrogens with one attached hydrogen (secondary N) is 2. The first-order valence-electron chi connectivity index (χ1n) is 7.69. The lowest BCUT2D eigenvalue weighted by Crippen LogP contribution is -2.37. The third kappa shape index (κ3) is 3.99. The van der Waals surface area contributed by atoms with E-state index in [4.69, 9.17) is 4.52 Å². The predicted molar refractivity (Wildman–Crippen MR) is 80.8 cm³/mol. The molecule has 0 aliphatic heterocycles. The minimum atomic E-state index is 0.721. The summed E-state index contributed by atoms with van der Waals surface area (Å²) in [6.45, 7) is 5.91. The molecule has 2 rings (SSSR count). The Kier molecular flexibility index (Phi) is 5.44. The second kappa shape index (κ2) is 7.31. The van der Waals surface area contributed by atoms with Crippen LogP contribution in [0.25, 0.3) is 0 Å². The van der Waals surface area contributed by atoms with E-state index in [2.05, 4.69) is 34.6 Å². The minimum Gasteiger partial charge on any atom is -0.361 e. The summed E-state index contributed by atoms with van der Waals surface area (Å²) in [6, 6.07) is 0. The number of aliphatic imine (C=N–C) groups is 1. The molecule has 2 N–H and O–H groups in total. The average Bonchev–Trinajstić information content (AvgIpc) is 3.21. The second-order valence-corrected chi connectivity index (χ2v) is 5.32. The number of aryl methyl sites for hydroxylation is 2. The highest BCUT2D eigenvalue weighted by Crippen LogP contribution is 2.31. The van der Waals surface area contributed by atoms with Crippen LogP contribution in [-0.2, 0) is 19.4 Å². The molecule has 0 radical (unpaired) electrons. The fraction of sp³-hybridized carbons (Fsp3) is 0.733. The van der Waals surface area contributed by atoms with Gasteiger partial charge in [0.05, 0.1) is 5.69 Å². The van der Waals surface area contributed by atoms with Crippen LogP contribution in [0.3, 0.4) is 0 Å². The summed E-state index contributed by atoms with van der Waals surface area (Å²) in [5.41, 5.74) is 2.22. The average molecular weight is 278 g/mol. The molecule has 1 aliphatic rings. The van der Waals surface area contributed by atoms with Crippen LogP contribution < -0.4 is 10.6 Å². The van der Waals surface area contributed by atoms with E-state index < -0.39 is 0 Å². The van der Waals surface area contributed by atoms with Gasteiger partial charge in [-0.25, -0.2) is 0 Å². The maximum atomic E-state index is 5.37. The van der Waals surface area contributed by atoms with Gasteiger partial charge in [0.15, 0.2) is 5.96 Å². The number of guanidine groups is 1. The van der Waals surface area contributed by atoms with Gasteiger partial charge in [-0.1, -0.05) is 31.8 Å². The summed E-state index contributed by atoms with van der Waals surface area (Å²) in [5, 5.41) is 10.8. The molecule has 5 nitrogen and oxygen atoms in total. The molecule has 1 fully saturated rings. The van der Waals surface area contributed by atoms with E-state index in [1.807, 2.05) is 7.05 Å². The summed E-state index contributed by atoms with van der Waals surface area (Å²) >= 11 is 0. The number of aromatic nitrogens is 1. The molecule has 0 spiro atoms. The van der Waals surface area contributed by atoms with Crippen molar-refractivity contribution in [3.05, 3.63) is 17.0 Å². The Morgan fingerprint density at radius 3 is 2.70 bits per heavy atom. The van der Waals surface area contributed by atoms with E-state index in [0.717, 1.165) is 49.3 Å². The van der Waals surface area contributed by atoms with Crippen LogP contribution in [0.2, 0.25) is 0 Å². The van der Waals surface area contributed by atoms with Crippen molar-refractivity contribution in [2.45, 2.75) is 52.5 Å². The van der Waals surface area contributed by atoms with E-state index in [0.29, 0.717) is 0 Å². The van der Waals surface area contributed by atoms with Gasteiger partial charge < -0.3 is 15.2 Å². The van der Waals surface area contributed by atoms with E-state index in [9.17, 15) is 0 Å². The van der Waals surface area contributed by atoms with Crippen molar-refractivity contribution in [3.63, 3.8) is 0 Å². The maximum absolute atomic E-state index is 5.37. The van der Waals surface area contributed by atoms with Crippen molar-refractivity contribution < 1.29 is 4.52 Å². The Morgan fingerprint density at radius 2 is 2.10 bits per heavy atom. The van der Waals surface area contributed by atoms with Crippen LogP contribution in [0, 0.1) is 5.92 Å². The summed E-state index contributed by atoms with van der Waals surface area (Å²) in [7, 11) is 1.81. The van der Waals surface area contributed by atoms with Crippen LogP contribution >= 0.6 is 0 Å². The zero-order valence-electron chi connectivity index (χ0n) is 12.8. The Bertz CT molecular complexity index is 427. The van der Waals surface area contributed by atoms with E-state index in [1.165, 1.54) is 24.8 Å². The van der Waals surface area contributed by atoms with E-state index in [-0.39, 0.29) is 0 Å². The maximum Gasteiger partial charge on any atom is 0.191 e. The van der Waals surface area contributed by atoms with Crippen molar-refractivity contribution in [1.82, 2.24) is 15.8 Å². The molecule has 1 aromatic rings. The van der Waals surface area contributed by atoms with E-state index in [1.54, 1.807) is 0 Å². The van der Waals surface area contributed by atoms with Crippen LogP contribution in [0.15, 0.2) is 9.52 Å². The second-order valence-electron chi connectivity index (χ2n) is 5.32. The lowest BCUT2D eigenvalue weighted by atomic mass is 10.1. The molecule has 1 aliphatic carbocycles. The molecule has 1 aromatic heterocycles. The first-order valence-corrected chi connectivity index (χ1v) is 7.69. The summed E-state index contributed by atoms with van der Waals surface area (Å²) in [4.78, 5) is 4.26. The van der Waals surface area contributed by atoms with Crippen molar-refractivity contribution in [1.29, 1.82) is 0 Å². The van der Waals surface area contributed by atoms with Gasteiger partial charge in [0.2, 0.25) is 0 Å². The lowest BCUT2D eigenvalue weighted by molar-refractivity contribution is 0.380. The van der Waals surface area contributed by atoms with Crippen LogP contribution in [0.5, 0.6) is 0 Å². The fourth-order valence-electron chi connectivity index (χ4n) is 2.33. The van der Waals surface area contributed by atoms with Crippen LogP contribution in [-0.4, -0.2) is 24.7 Å². The zero-order chi connectivity index (χ0) is 14.4. The molecule has 0 bridgehead atoms. The Morgan fingerprint density at radius 1 is 1.30 bits per heavy atom. The molecular formula is C15H26N4O. The predicted octanol–water partition coefficient (Wildman–Crippen LogP) is 2.26. The van der Waals surface area contributed by atoms with E-state index >= 15 is 0 Å². The Balaban J connectivity index is 1.83. The molecular weight excluding hydrogens is 252 g/mol. The molecule has 0 saturated heterocycles. The Hall–Kier alpha value is -1.52. The molecule has 112 valence electrons. The fourth-order valence-corrected chi connectivity index (χ4v) is 2.33. The van der Waals surface area contributed by atoms with Crippen LogP contribution in [0.1, 0.15) is 50.1 Å². The van der Waals surface area contributed by atoms with Gasteiger partial charge in [0.1, 0.15) is 5.76 Å². The molecule has 5 heteroatoms. The molecule has 0 unspecified atom stereocenters. The third-order valence-electron chi connectivity index (χ3n) is 3.81. The molecule has 1 saturated carbocycles. The van der Waals surface area contributed by atoms with Crippen molar-refractivity contribution in [3.8, 4) is 0 Å². The van der Waals surface area contributed by atoms with Crippen molar-refractivity contribution in [2.75, 3.05) is 13.6 Å². The normalized spacial score (nSPS) is 15.4. The highest BCUT2D eigenvalue weighted by atomic mass is 16.5.